The number of amides is 1. The van der Waals surface area contributed by atoms with E-state index in [1.54, 1.807) is 19.1 Å². The van der Waals surface area contributed by atoms with Crippen LogP contribution in [0, 0.1) is 20.8 Å². The number of aryl methyl sites for hydroxylation is 3. The number of H-pyrrole nitrogens is 1. The van der Waals surface area contributed by atoms with Gasteiger partial charge >= 0.3 is 5.97 Å². The second-order valence-corrected chi connectivity index (χ2v) is 4.84. The van der Waals surface area contributed by atoms with E-state index < -0.39 is 5.97 Å². The molecule has 0 aliphatic heterocycles. The number of benzene rings is 1. The Morgan fingerprint density at radius 1 is 1.10 bits per heavy atom. The van der Waals surface area contributed by atoms with Crippen LogP contribution in [-0.2, 0) is 0 Å². The Morgan fingerprint density at radius 2 is 1.70 bits per heavy atom. The van der Waals surface area contributed by atoms with E-state index in [0.29, 0.717) is 11.3 Å². The monoisotopic (exact) mass is 272 g/mol. The molecule has 0 spiro atoms. The second kappa shape index (κ2) is 5.21. The van der Waals surface area contributed by atoms with Gasteiger partial charge in [-0.2, -0.15) is 0 Å². The Morgan fingerprint density at radius 3 is 2.25 bits per heavy atom. The minimum atomic E-state index is -1.07. The fourth-order valence-electron chi connectivity index (χ4n) is 2.20. The molecule has 2 aromatic rings. The molecule has 0 aliphatic rings. The van der Waals surface area contributed by atoms with E-state index in [1.807, 2.05) is 19.9 Å². The summed E-state index contributed by atoms with van der Waals surface area (Å²) in [6.07, 6.45) is 1.49. The molecule has 0 bridgehead atoms. The number of hydrogen-bond donors (Lipinski definition) is 3. The molecule has 1 heterocycles. The molecule has 5 nitrogen and oxygen atoms in total. The number of nitrogens with one attached hydrogen (secondary N) is 2. The lowest BCUT2D eigenvalue weighted by molar-refractivity contribution is 0.0697. The molecule has 0 atom stereocenters. The summed E-state index contributed by atoms with van der Waals surface area (Å²) in [4.78, 5) is 26.1. The van der Waals surface area contributed by atoms with Crippen LogP contribution in [0.5, 0.6) is 0 Å². The number of carbonyl (C=O) groups excluding carboxylic acids is 1. The Hall–Kier alpha value is -2.56. The summed E-state index contributed by atoms with van der Waals surface area (Å²) in [6.45, 7) is 5.47. The molecular formula is C15H16N2O3. The SMILES string of the molecule is Cc1cc(C)cc(C(=O)Nc2c[nH]c(C)c2C(=O)O)c1. The lowest BCUT2D eigenvalue weighted by Crippen LogP contribution is -2.14. The maximum absolute atomic E-state index is 12.2. The normalized spacial score (nSPS) is 10.3. The van der Waals surface area contributed by atoms with Gasteiger partial charge in [0.1, 0.15) is 5.56 Å². The Balaban J connectivity index is 2.30. The topological polar surface area (TPSA) is 82.2 Å². The zero-order chi connectivity index (χ0) is 14.9. The van der Waals surface area contributed by atoms with Gasteiger partial charge in [-0.15, -0.1) is 0 Å². The molecule has 20 heavy (non-hydrogen) atoms. The molecule has 2 rings (SSSR count). The number of carboxylic acids is 1. The highest BCUT2D eigenvalue weighted by molar-refractivity contribution is 6.08. The zero-order valence-electron chi connectivity index (χ0n) is 11.6. The van der Waals surface area contributed by atoms with E-state index >= 15 is 0 Å². The third kappa shape index (κ3) is 2.71. The van der Waals surface area contributed by atoms with Gasteiger partial charge in [-0.3, -0.25) is 4.79 Å². The molecule has 0 radical (unpaired) electrons. The van der Waals surface area contributed by atoms with Crippen molar-refractivity contribution in [3.8, 4) is 0 Å². The Kier molecular flexibility index (Phi) is 3.61. The van der Waals surface area contributed by atoms with Crippen LogP contribution in [0.4, 0.5) is 5.69 Å². The third-order valence-corrected chi connectivity index (χ3v) is 3.02. The lowest BCUT2D eigenvalue weighted by atomic mass is 10.1. The first-order valence-corrected chi connectivity index (χ1v) is 6.19. The van der Waals surface area contributed by atoms with Crippen LogP contribution >= 0.6 is 0 Å². The van der Waals surface area contributed by atoms with Gasteiger partial charge in [0, 0.05) is 17.5 Å². The minimum Gasteiger partial charge on any atom is -0.478 e. The summed E-state index contributed by atoms with van der Waals surface area (Å²) in [7, 11) is 0. The number of carbonyl (C=O) groups is 2. The van der Waals surface area contributed by atoms with Gasteiger partial charge in [-0.25, -0.2) is 4.79 Å². The lowest BCUT2D eigenvalue weighted by Gasteiger charge is -2.07. The van der Waals surface area contributed by atoms with Gasteiger partial charge in [0.15, 0.2) is 0 Å². The molecule has 1 aromatic heterocycles. The van der Waals surface area contributed by atoms with E-state index in [9.17, 15) is 9.59 Å². The molecule has 0 fully saturated rings. The van der Waals surface area contributed by atoms with Crippen LogP contribution in [0.3, 0.4) is 0 Å². The van der Waals surface area contributed by atoms with E-state index in [-0.39, 0.29) is 17.2 Å². The summed E-state index contributed by atoms with van der Waals surface area (Å²) in [5, 5.41) is 11.8. The van der Waals surface area contributed by atoms with Crippen molar-refractivity contribution in [1.82, 2.24) is 4.98 Å². The van der Waals surface area contributed by atoms with Crippen LogP contribution in [-0.4, -0.2) is 22.0 Å². The van der Waals surface area contributed by atoms with Gasteiger partial charge < -0.3 is 15.4 Å². The van der Waals surface area contributed by atoms with Crippen LogP contribution in [0.25, 0.3) is 0 Å². The largest absolute Gasteiger partial charge is 0.478 e. The van der Waals surface area contributed by atoms with Gasteiger partial charge in [0.2, 0.25) is 0 Å². The number of aromatic carboxylic acids is 1. The average Bonchev–Trinajstić information content (AvgIpc) is 2.69. The fourth-order valence-corrected chi connectivity index (χ4v) is 2.20. The molecule has 0 saturated heterocycles. The first-order valence-electron chi connectivity index (χ1n) is 6.19. The molecule has 0 saturated carbocycles. The number of aromatic nitrogens is 1. The zero-order valence-corrected chi connectivity index (χ0v) is 11.6. The Bertz CT molecular complexity index is 666. The standard InChI is InChI=1S/C15H16N2O3/c1-8-4-9(2)6-11(5-8)14(18)17-12-7-16-10(3)13(12)15(19)20/h4-7,16H,1-3H3,(H,17,18)(H,19,20). The number of rotatable bonds is 3. The minimum absolute atomic E-state index is 0.0859. The fraction of sp³-hybridized carbons (Fsp3) is 0.200. The van der Waals surface area contributed by atoms with E-state index in [2.05, 4.69) is 10.3 Å². The maximum Gasteiger partial charge on any atom is 0.339 e. The molecule has 0 unspecified atom stereocenters. The van der Waals surface area contributed by atoms with Crippen molar-refractivity contribution in [3.05, 3.63) is 52.3 Å². The van der Waals surface area contributed by atoms with Crippen molar-refractivity contribution in [2.45, 2.75) is 20.8 Å². The summed E-state index contributed by atoms with van der Waals surface area (Å²) >= 11 is 0. The number of anilines is 1. The van der Waals surface area contributed by atoms with E-state index in [4.69, 9.17) is 5.11 Å². The van der Waals surface area contributed by atoms with Gasteiger partial charge in [0.05, 0.1) is 5.69 Å². The van der Waals surface area contributed by atoms with Crippen LogP contribution < -0.4 is 5.32 Å². The third-order valence-electron chi connectivity index (χ3n) is 3.02. The number of carboxylic acid groups (broad SMARTS) is 1. The van der Waals surface area contributed by atoms with Crippen molar-refractivity contribution < 1.29 is 14.7 Å². The molecule has 1 aromatic carbocycles. The van der Waals surface area contributed by atoms with Crippen molar-refractivity contribution >= 4 is 17.6 Å². The predicted molar refractivity (Wildman–Crippen MR) is 76.4 cm³/mol. The van der Waals surface area contributed by atoms with Gasteiger partial charge in [0.25, 0.3) is 5.91 Å². The van der Waals surface area contributed by atoms with Gasteiger partial charge in [-0.1, -0.05) is 17.2 Å². The number of hydrogen-bond acceptors (Lipinski definition) is 2. The predicted octanol–water partition coefficient (Wildman–Crippen LogP) is 2.89. The van der Waals surface area contributed by atoms with E-state index in [0.717, 1.165) is 11.1 Å². The van der Waals surface area contributed by atoms with Crippen molar-refractivity contribution in [1.29, 1.82) is 0 Å². The summed E-state index contributed by atoms with van der Waals surface area (Å²) in [6, 6.07) is 5.50. The highest BCUT2D eigenvalue weighted by Crippen LogP contribution is 2.20. The number of aromatic amines is 1. The quantitative estimate of drug-likeness (QED) is 0.803. The first kappa shape index (κ1) is 13.9. The summed E-state index contributed by atoms with van der Waals surface area (Å²) in [5.41, 5.74) is 3.35. The van der Waals surface area contributed by atoms with Crippen molar-refractivity contribution in [2.75, 3.05) is 5.32 Å². The molecule has 1 amide bonds. The van der Waals surface area contributed by atoms with Crippen LogP contribution in [0.2, 0.25) is 0 Å². The Labute approximate surface area is 116 Å². The van der Waals surface area contributed by atoms with E-state index in [1.165, 1.54) is 6.20 Å². The average molecular weight is 272 g/mol. The van der Waals surface area contributed by atoms with Crippen molar-refractivity contribution in [2.24, 2.45) is 0 Å². The first-order chi connectivity index (χ1) is 9.38. The summed E-state index contributed by atoms with van der Waals surface area (Å²) < 4.78 is 0. The smallest absolute Gasteiger partial charge is 0.339 e. The molecule has 5 heteroatoms. The molecule has 3 N–H and O–H groups in total. The second-order valence-electron chi connectivity index (χ2n) is 4.84. The molecular weight excluding hydrogens is 256 g/mol. The van der Waals surface area contributed by atoms with Crippen LogP contribution in [0.15, 0.2) is 24.4 Å². The summed E-state index contributed by atoms with van der Waals surface area (Å²) in [5.74, 6) is -1.39. The van der Waals surface area contributed by atoms with Crippen molar-refractivity contribution in [3.63, 3.8) is 0 Å². The maximum atomic E-state index is 12.2. The van der Waals surface area contributed by atoms with Crippen LogP contribution in [0.1, 0.15) is 37.5 Å². The highest BCUT2D eigenvalue weighted by Gasteiger charge is 2.17. The van der Waals surface area contributed by atoms with Gasteiger partial charge in [-0.05, 0) is 32.9 Å². The molecule has 104 valence electrons. The molecule has 0 aliphatic carbocycles. The highest BCUT2D eigenvalue weighted by atomic mass is 16.4.